The van der Waals surface area contributed by atoms with Gasteiger partial charge < -0.3 is 0 Å². The van der Waals surface area contributed by atoms with Gasteiger partial charge in [-0.15, -0.1) is 0 Å². The van der Waals surface area contributed by atoms with Gasteiger partial charge in [0.15, 0.2) is 0 Å². The van der Waals surface area contributed by atoms with Crippen LogP contribution in [0.3, 0.4) is 0 Å². The first-order valence-electron chi connectivity index (χ1n) is 2.08. The zero-order chi connectivity index (χ0) is 4.41. The molecule has 1 aliphatic rings. The van der Waals surface area contributed by atoms with Crippen LogP contribution in [0.4, 0.5) is 0 Å². The van der Waals surface area contributed by atoms with Crippen molar-refractivity contribution in [3.63, 3.8) is 0 Å². The molecule has 0 saturated heterocycles. The minimum absolute atomic E-state index is 0.678. The van der Waals surface area contributed by atoms with Crippen molar-refractivity contribution in [2.45, 2.75) is 19.3 Å². The Hall–Kier alpha value is -0.110. The summed E-state index contributed by atoms with van der Waals surface area (Å²) >= 11 is 0.678. The van der Waals surface area contributed by atoms with E-state index in [0.29, 0.717) is 11.3 Å². The molecule has 0 radical (unpaired) electrons. The predicted molar refractivity (Wildman–Crippen MR) is 27.0 cm³/mol. The van der Waals surface area contributed by atoms with Gasteiger partial charge in [-0.3, -0.25) is 0 Å². The number of hydrogen-bond acceptors (Lipinski definition) is 1. The third kappa shape index (κ3) is 0.522. The van der Waals surface area contributed by atoms with E-state index in [2.05, 4.69) is 0 Å². The Kier molecular flexibility index (Phi) is 1.05. The van der Waals surface area contributed by atoms with Gasteiger partial charge >= 0.3 is 0 Å². The van der Waals surface area contributed by atoms with Gasteiger partial charge in [0.25, 0.3) is 0 Å². The molecule has 34 valence electrons. The van der Waals surface area contributed by atoms with E-state index >= 15 is 0 Å². The van der Waals surface area contributed by atoms with Gasteiger partial charge in [0.1, 0.15) is 0 Å². The van der Waals surface area contributed by atoms with Crippen molar-refractivity contribution in [1.82, 2.24) is 0 Å². The average molecular weight is 102 g/mol. The van der Waals surface area contributed by atoms with Crippen LogP contribution in [0.2, 0.25) is 0 Å². The Morgan fingerprint density at radius 2 is 2.17 bits per heavy atom. The second kappa shape index (κ2) is 1.56. The van der Waals surface area contributed by atoms with Gasteiger partial charge in [0.05, 0.1) is 11.3 Å². The van der Waals surface area contributed by atoms with Gasteiger partial charge in [0.2, 0.25) is 0 Å². The van der Waals surface area contributed by atoms with Gasteiger partial charge in [-0.2, -0.15) is 0 Å². The third-order valence-electron chi connectivity index (χ3n) is 1.03. The molecule has 1 saturated carbocycles. The van der Waals surface area contributed by atoms with Crippen molar-refractivity contribution < 1.29 is 4.21 Å². The minimum Gasteiger partial charge on any atom is -0.212 e. The van der Waals surface area contributed by atoms with E-state index < -0.39 is 0 Å². The van der Waals surface area contributed by atoms with E-state index in [4.69, 9.17) is 0 Å². The van der Waals surface area contributed by atoms with E-state index in [9.17, 15) is 4.21 Å². The van der Waals surface area contributed by atoms with Crippen LogP contribution in [0.5, 0.6) is 0 Å². The summed E-state index contributed by atoms with van der Waals surface area (Å²) in [6.07, 6.45) is 3.40. The van der Waals surface area contributed by atoms with Gasteiger partial charge in [-0.1, -0.05) is 0 Å². The molecule has 2 heteroatoms. The maximum absolute atomic E-state index is 9.79. The summed E-state index contributed by atoms with van der Waals surface area (Å²) in [5.41, 5.74) is 0. The predicted octanol–water partition coefficient (Wildman–Crippen LogP) is 0.556. The summed E-state index contributed by atoms with van der Waals surface area (Å²) < 4.78 is 9.79. The maximum Gasteiger partial charge on any atom is 0.0876 e. The summed E-state index contributed by atoms with van der Waals surface area (Å²) in [6.45, 7) is 0. The highest BCUT2D eigenvalue weighted by Gasteiger charge is 2.07. The van der Waals surface area contributed by atoms with Crippen LogP contribution < -0.4 is 0 Å². The Labute approximate surface area is 40.4 Å². The Morgan fingerprint density at radius 1 is 1.50 bits per heavy atom. The molecule has 0 amide bonds. The number of hydrogen-bond donors (Lipinski definition) is 0. The largest absolute Gasteiger partial charge is 0.212 e. The van der Waals surface area contributed by atoms with Crippen molar-refractivity contribution in [1.29, 1.82) is 0 Å². The first kappa shape index (κ1) is 4.06. The lowest BCUT2D eigenvalue weighted by atomic mass is 10.0. The van der Waals surface area contributed by atoms with Crippen molar-refractivity contribution in [3.8, 4) is 0 Å². The molecule has 0 atom stereocenters. The van der Waals surface area contributed by atoms with Crippen LogP contribution in [-0.2, 0) is 11.3 Å². The molecular weight excluding hydrogens is 96.1 g/mol. The lowest BCUT2D eigenvalue weighted by molar-refractivity contribution is 0.698. The van der Waals surface area contributed by atoms with Crippen molar-refractivity contribution in [3.05, 3.63) is 0 Å². The van der Waals surface area contributed by atoms with Crippen LogP contribution in [0.1, 0.15) is 19.3 Å². The third-order valence-corrected chi connectivity index (χ3v) is 1.67. The van der Waals surface area contributed by atoms with E-state index in [0.717, 1.165) is 17.7 Å². The van der Waals surface area contributed by atoms with Crippen molar-refractivity contribution >= 4 is 16.1 Å². The van der Waals surface area contributed by atoms with E-state index in [1.165, 1.54) is 6.42 Å². The molecule has 0 aromatic carbocycles. The molecule has 1 fully saturated rings. The lowest BCUT2D eigenvalue weighted by Gasteiger charge is -2.08. The van der Waals surface area contributed by atoms with Crippen LogP contribution in [0.25, 0.3) is 0 Å². The highest BCUT2D eigenvalue weighted by Crippen LogP contribution is 2.11. The second-order valence-corrected chi connectivity index (χ2v) is 2.22. The standard InChI is InChI=1S/C4H6OS/c5-6-4-2-1-3-4/h1-3H2. The quantitative estimate of drug-likeness (QED) is 0.408. The minimum atomic E-state index is 0.678. The van der Waals surface area contributed by atoms with Gasteiger partial charge in [-0.25, -0.2) is 4.21 Å². The monoisotopic (exact) mass is 102 g/mol. The molecule has 0 spiro atoms. The van der Waals surface area contributed by atoms with Crippen LogP contribution in [0.15, 0.2) is 0 Å². The highest BCUT2D eigenvalue weighted by molar-refractivity contribution is 7.66. The molecule has 6 heavy (non-hydrogen) atoms. The summed E-state index contributed by atoms with van der Waals surface area (Å²) in [6, 6.07) is 0. The Bertz CT molecular complexity index is 96.1. The topological polar surface area (TPSA) is 17.1 Å². The average Bonchev–Trinajstić information content (AvgIpc) is 1.31. The maximum atomic E-state index is 9.79. The normalized spacial score (nSPS) is 19.7. The van der Waals surface area contributed by atoms with Crippen molar-refractivity contribution in [2.24, 2.45) is 0 Å². The molecule has 0 aromatic rings. The van der Waals surface area contributed by atoms with Gasteiger partial charge in [0, 0.05) is 4.86 Å². The first-order chi connectivity index (χ1) is 2.93. The van der Waals surface area contributed by atoms with Crippen LogP contribution in [0, 0.1) is 0 Å². The van der Waals surface area contributed by atoms with Crippen molar-refractivity contribution in [2.75, 3.05) is 0 Å². The summed E-state index contributed by atoms with van der Waals surface area (Å²) in [7, 11) is 0. The molecule has 0 unspecified atom stereocenters. The van der Waals surface area contributed by atoms with E-state index in [1.807, 2.05) is 0 Å². The smallest absolute Gasteiger partial charge is 0.0876 e. The van der Waals surface area contributed by atoms with E-state index in [1.54, 1.807) is 0 Å². The molecule has 1 rings (SSSR count). The fourth-order valence-electron chi connectivity index (χ4n) is 0.404. The Morgan fingerprint density at radius 3 is 2.17 bits per heavy atom. The molecule has 0 heterocycles. The summed E-state index contributed by atoms with van der Waals surface area (Å²) in [4.78, 5) is 1.13. The molecular formula is C4H6OS. The summed E-state index contributed by atoms with van der Waals surface area (Å²) in [5, 5.41) is 0. The fourth-order valence-corrected chi connectivity index (χ4v) is 0.860. The number of rotatable bonds is 0. The second-order valence-electron chi connectivity index (χ2n) is 1.48. The molecule has 0 N–H and O–H groups in total. The summed E-state index contributed by atoms with van der Waals surface area (Å²) in [5.74, 6) is 0. The zero-order valence-electron chi connectivity index (χ0n) is 3.44. The SMILES string of the molecule is O=S=C1CCC1. The van der Waals surface area contributed by atoms with Gasteiger partial charge in [-0.05, 0) is 19.3 Å². The van der Waals surface area contributed by atoms with Crippen LogP contribution >= 0.6 is 0 Å². The Balaban J connectivity index is 2.55. The van der Waals surface area contributed by atoms with E-state index in [-0.39, 0.29) is 0 Å². The fraction of sp³-hybridized carbons (Fsp3) is 0.750. The molecule has 0 bridgehead atoms. The highest BCUT2D eigenvalue weighted by atomic mass is 32.1. The molecule has 0 aromatic heterocycles. The molecule has 1 aliphatic carbocycles. The molecule has 1 nitrogen and oxygen atoms in total. The zero-order valence-corrected chi connectivity index (χ0v) is 4.25. The lowest BCUT2D eigenvalue weighted by Crippen LogP contribution is -2.07. The van der Waals surface area contributed by atoms with Crippen LogP contribution in [-0.4, -0.2) is 9.07 Å². The molecule has 0 aliphatic heterocycles. The first-order valence-corrected chi connectivity index (χ1v) is 2.82.